The summed E-state index contributed by atoms with van der Waals surface area (Å²) in [5.41, 5.74) is 4.59. The van der Waals surface area contributed by atoms with Gasteiger partial charge in [0.25, 0.3) is 0 Å². The summed E-state index contributed by atoms with van der Waals surface area (Å²) in [6.07, 6.45) is 6.56. The van der Waals surface area contributed by atoms with Crippen LogP contribution in [0.4, 0.5) is 0 Å². The first kappa shape index (κ1) is 15.7. The van der Waals surface area contributed by atoms with E-state index in [-0.39, 0.29) is 6.79 Å². The Hall–Kier alpha value is -2.76. The van der Waals surface area contributed by atoms with Crippen molar-refractivity contribution in [2.75, 3.05) is 13.4 Å². The van der Waals surface area contributed by atoms with Crippen LogP contribution in [-0.2, 0) is 6.42 Å². The molecule has 130 valence electrons. The molecule has 3 heterocycles. The number of hydrogen-bond acceptors (Lipinski definition) is 5. The number of aromatic amines is 1. The maximum absolute atomic E-state index is 6.03. The van der Waals surface area contributed by atoms with Crippen molar-refractivity contribution in [1.29, 1.82) is 0 Å². The van der Waals surface area contributed by atoms with Gasteiger partial charge in [0.15, 0.2) is 11.5 Å². The summed E-state index contributed by atoms with van der Waals surface area (Å²) >= 11 is 0. The zero-order valence-corrected chi connectivity index (χ0v) is 14.5. The van der Waals surface area contributed by atoms with Gasteiger partial charge in [0.2, 0.25) is 6.79 Å². The van der Waals surface area contributed by atoms with Crippen LogP contribution in [0.1, 0.15) is 32.3 Å². The van der Waals surface area contributed by atoms with E-state index in [4.69, 9.17) is 14.2 Å². The van der Waals surface area contributed by atoms with Gasteiger partial charge in [-0.1, -0.05) is 20.3 Å². The van der Waals surface area contributed by atoms with E-state index in [0.717, 1.165) is 52.9 Å². The van der Waals surface area contributed by atoms with Gasteiger partial charge in [0.1, 0.15) is 17.8 Å². The highest BCUT2D eigenvalue weighted by atomic mass is 16.7. The predicted molar refractivity (Wildman–Crippen MR) is 95.2 cm³/mol. The van der Waals surface area contributed by atoms with Crippen molar-refractivity contribution < 1.29 is 14.2 Å². The van der Waals surface area contributed by atoms with Gasteiger partial charge in [-0.3, -0.25) is 0 Å². The molecule has 1 aliphatic rings. The van der Waals surface area contributed by atoms with Crippen molar-refractivity contribution in [3.8, 4) is 28.5 Å². The quantitative estimate of drug-likeness (QED) is 0.685. The Labute approximate surface area is 146 Å². The molecule has 0 saturated heterocycles. The number of fused-ring (bicyclic) bond motifs is 2. The fraction of sp³-hybridized carbons (Fsp3) is 0.368. The molecule has 25 heavy (non-hydrogen) atoms. The van der Waals surface area contributed by atoms with Gasteiger partial charge < -0.3 is 19.2 Å². The Bertz CT molecular complexity index is 904. The standard InChI is InChI=1S/C19H21N3O3/c1-3-5-8-23-13-6-7-14-19(25-11-24-14)15(13)17-18-16(21-10-22-17)12(4-2)9-20-18/h6-7,9-10,20H,3-5,8,11H2,1-2H3. The van der Waals surface area contributed by atoms with Crippen LogP contribution in [0.25, 0.3) is 22.3 Å². The molecule has 0 bridgehead atoms. The highest BCUT2D eigenvalue weighted by molar-refractivity contribution is 5.95. The van der Waals surface area contributed by atoms with Crippen molar-refractivity contribution in [2.24, 2.45) is 0 Å². The molecule has 0 amide bonds. The van der Waals surface area contributed by atoms with Crippen molar-refractivity contribution >= 4 is 11.0 Å². The summed E-state index contributed by atoms with van der Waals surface area (Å²) in [6, 6.07) is 3.81. The number of H-pyrrole nitrogens is 1. The lowest BCUT2D eigenvalue weighted by Gasteiger charge is -2.13. The van der Waals surface area contributed by atoms with Gasteiger partial charge >= 0.3 is 0 Å². The number of nitrogens with one attached hydrogen (secondary N) is 1. The molecule has 2 aromatic heterocycles. The molecule has 0 unspecified atom stereocenters. The van der Waals surface area contributed by atoms with Crippen molar-refractivity contribution in [3.63, 3.8) is 0 Å². The minimum Gasteiger partial charge on any atom is -0.493 e. The Morgan fingerprint density at radius 3 is 2.96 bits per heavy atom. The SMILES string of the molecule is CCCCOc1ccc2c(c1-c1ncnc3c(CC)c[nH]c13)OCO2. The molecule has 3 aromatic rings. The van der Waals surface area contributed by atoms with Crippen LogP contribution >= 0.6 is 0 Å². The topological polar surface area (TPSA) is 69.3 Å². The van der Waals surface area contributed by atoms with E-state index in [1.165, 1.54) is 0 Å². The minimum atomic E-state index is 0.208. The third-order valence-corrected chi connectivity index (χ3v) is 4.42. The van der Waals surface area contributed by atoms with Crippen LogP contribution in [0.15, 0.2) is 24.7 Å². The van der Waals surface area contributed by atoms with Crippen LogP contribution in [0.3, 0.4) is 0 Å². The Morgan fingerprint density at radius 2 is 2.12 bits per heavy atom. The summed E-state index contributed by atoms with van der Waals surface area (Å²) in [6.45, 7) is 5.12. The lowest BCUT2D eigenvalue weighted by atomic mass is 10.1. The molecule has 4 rings (SSSR count). The van der Waals surface area contributed by atoms with Crippen LogP contribution in [-0.4, -0.2) is 28.4 Å². The molecule has 0 atom stereocenters. The van der Waals surface area contributed by atoms with Crippen LogP contribution in [0.2, 0.25) is 0 Å². The van der Waals surface area contributed by atoms with Crippen molar-refractivity contribution in [1.82, 2.24) is 15.0 Å². The Kier molecular flexibility index (Phi) is 4.17. The molecule has 0 radical (unpaired) electrons. The predicted octanol–water partition coefficient (Wildman–Crippen LogP) is 4.09. The largest absolute Gasteiger partial charge is 0.493 e. The highest BCUT2D eigenvalue weighted by Gasteiger charge is 2.26. The molecule has 1 N–H and O–H groups in total. The summed E-state index contributed by atoms with van der Waals surface area (Å²) in [5.74, 6) is 2.15. The minimum absolute atomic E-state index is 0.208. The summed E-state index contributed by atoms with van der Waals surface area (Å²) in [5, 5.41) is 0. The second-order valence-corrected chi connectivity index (χ2v) is 5.99. The summed E-state index contributed by atoms with van der Waals surface area (Å²) in [7, 11) is 0. The van der Waals surface area contributed by atoms with Gasteiger partial charge in [-0.15, -0.1) is 0 Å². The Balaban J connectivity index is 1.89. The molecular weight excluding hydrogens is 318 g/mol. The summed E-state index contributed by atoms with van der Waals surface area (Å²) in [4.78, 5) is 12.3. The number of rotatable bonds is 6. The van der Waals surface area contributed by atoms with E-state index < -0.39 is 0 Å². The van der Waals surface area contributed by atoms with Gasteiger partial charge in [0, 0.05) is 6.20 Å². The third kappa shape index (κ3) is 2.67. The first-order valence-electron chi connectivity index (χ1n) is 8.70. The average Bonchev–Trinajstić information content (AvgIpc) is 3.28. The number of aromatic nitrogens is 3. The number of benzene rings is 1. The first-order chi connectivity index (χ1) is 12.3. The van der Waals surface area contributed by atoms with Gasteiger partial charge in [0.05, 0.1) is 23.2 Å². The first-order valence-corrected chi connectivity index (χ1v) is 8.70. The molecule has 1 aliphatic heterocycles. The van der Waals surface area contributed by atoms with Crippen LogP contribution in [0, 0.1) is 0 Å². The lowest BCUT2D eigenvalue weighted by molar-refractivity contribution is 0.174. The smallest absolute Gasteiger partial charge is 0.231 e. The van der Waals surface area contributed by atoms with Crippen LogP contribution < -0.4 is 14.2 Å². The number of hydrogen-bond donors (Lipinski definition) is 1. The second-order valence-electron chi connectivity index (χ2n) is 5.99. The molecular formula is C19H21N3O3. The third-order valence-electron chi connectivity index (χ3n) is 4.42. The average molecular weight is 339 g/mol. The highest BCUT2D eigenvalue weighted by Crippen LogP contribution is 2.47. The molecule has 1 aromatic carbocycles. The lowest BCUT2D eigenvalue weighted by Crippen LogP contribution is -2.00. The zero-order chi connectivity index (χ0) is 17.2. The van der Waals surface area contributed by atoms with Gasteiger partial charge in [-0.05, 0) is 30.5 Å². The summed E-state index contributed by atoms with van der Waals surface area (Å²) < 4.78 is 17.3. The van der Waals surface area contributed by atoms with E-state index in [1.54, 1.807) is 6.33 Å². The fourth-order valence-electron chi connectivity index (χ4n) is 3.08. The zero-order valence-electron chi connectivity index (χ0n) is 14.5. The normalized spacial score (nSPS) is 12.7. The molecule has 6 nitrogen and oxygen atoms in total. The monoisotopic (exact) mass is 339 g/mol. The number of nitrogens with zero attached hydrogens (tertiary/aromatic N) is 2. The molecule has 0 saturated carbocycles. The maximum atomic E-state index is 6.03. The van der Waals surface area contributed by atoms with Crippen molar-refractivity contribution in [2.45, 2.75) is 33.1 Å². The molecule has 0 spiro atoms. The van der Waals surface area contributed by atoms with E-state index in [1.807, 2.05) is 18.3 Å². The van der Waals surface area contributed by atoms with Crippen LogP contribution in [0.5, 0.6) is 17.2 Å². The number of aryl methyl sites for hydroxylation is 1. The molecule has 0 aliphatic carbocycles. The Morgan fingerprint density at radius 1 is 1.20 bits per heavy atom. The molecule has 0 fully saturated rings. The molecule has 6 heteroatoms. The van der Waals surface area contributed by atoms with Gasteiger partial charge in [-0.25, -0.2) is 9.97 Å². The van der Waals surface area contributed by atoms with Gasteiger partial charge in [-0.2, -0.15) is 0 Å². The van der Waals surface area contributed by atoms with E-state index in [2.05, 4.69) is 28.8 Å². The fourth-order valence-corrected chi connectivity index (χ4v) is 3.08. The second kappa shape index (κ2) is 6.63. The van der Waals surface area contributed by atoms with Crippen molar-refractivity contribution in [3.05, 3.63) is 30.2 Å². The number of ether oxygens (including phenoxy) is 3. The van der Waals surface area contributed by atoms with E-state index >= 15 is 0 Å². The van der Waals surface area contributed by atoms with E-state index in [9.17, 15) is 0 Å². The maximum Gasteiger partial charge on any atom is 0.231 e. The number of unbranched alkanes of at least 4 members (excludes halogenated alkanes) is 1. The van der Waals surface area contributed by atoms with E-state index in [0.29, 0.717) is 18.1 Å².